The average molecular weight is 402 g/mol. The van der Waals surface area contributed by atoms with E-state index in [4.69, 9.17) is 4.74 Å². The molecule has 5 nitrogen and oxygen atoms in total. The molecule has 2 heterocycles. The minimum Gasteiger partial charge on any atom is -0.474 e. The number of nitrogens with zero attached hydrogens (tertiary/aromatic N) is 3. The van der Waals surface area contributed by atoms with E-state index in [1.807, 2.05) is 85.5 Å². The van der Waals surface area contributed by atoms with Crippen LogP contribution in [0, 0.1) is 13.8 Å². The van der Waals surface area contributed by atoms with Crippen LogP contribution in [0.5, 0.6) is 5.88 Å². The minimum atomic E-state index is -0.281. The fourth-order valence-corrected chi connectivity index (χ4v) is 4.06. The van der Waals surface area contributed by atoms with Crippen molar-refractivity contribution in [2.75, 3.05) is 13.1 Å². The Balaban J connectivity index is 1.45. The molecule has 0 N–H and O–H groups in total. The van der Waals surface area contributed by atoms with Crippen molar-refractivity contribution in [2.24, 2.45) is 0 Å². The topological polar surface area (TPSA) is 55.3 Å². The molecule has 2 aromatic carbocycles. The second-order valence-electron chi connectivity index (χ2n) is 7.79. The average Bonchev–Trinajstić information content (AvgIpc) is 2.75. The van der Waals surface area contributed by atoms with Gasteiger partial charge in [-0.3, -0.25) is 4.79 Å². The Morgan fingerprint density at radius 1 is 0.933 bits per heavy atom. The monoisotopic (exact) mass is 401 g/mol. The van der Waals surface area contributed by atoms with Gasteiger partial charge in [0.15, 0.2) is 0 Å². The third-order valence-corrected chi connectivity index (χ3v) is 5.50. The van der Waals surface area contributed by atoms with E-state index >= 15 is 0 Å². The Morgan fingerprint density at radius 3 is 2.03 bits per heavy atom. The van der Waals surface area contributed by atoms with Gasteiger partial charge >= 0.3 is 0 Å². The van der Waals surface area contributed by atoms with Gasteiger partial charge in [-0.1, -0.05) is 60.7 Å². The fraction of sp³-hybridized carbons (Fsp3) is 0.320. The number of aromatic nitrogens is 2. The van der Waals surface area contributed by atoms with Crippen LogP contribution in [0.1, 0.15) is 41.4 Å². The third kappa shape index (κ3) is 4.67. The summed E-state index contributed by atoms with van der Waals surface area (Å²) in [7, 11) is 0. The van der Waals surface area contributed by atoms with E-state index in [9.17, 15) is 4.79 Å². The lowest BCUT2D eigenvalue weighted by molar-refractivity contribution is -0.133. The molecule has 3 aromatic rings. The number of hydrogen-bond acceptors (Lipinski definition) is 4. The second-order valence-corrected chi connectivity index (χ2v) is 7.79. The molecule has 1 amide bonds. The van der Waals surface area contributed by atoms with Crippen molar-refractivity contribution < 1.29 is 9.53 Å². The molecule has 0 spiro atoms. The van der Waals surface area contributed by atoms with Gasteiger partial charge in [0.2, 0.25) is 11.8 Å². The zero-order valence-electron chi connectivity index (χ0n) is 17.5. The summed E-state index contributed by atoms with van der Waals surface area (Å²) in [6.07, 6.45) is 1.66. The van der Waals surface area contributed by atoms with Gasteiger partial charge in [0.1, 0.15) is 11.9 Å². The lowest BCUT2D eigenvalue weighted by atomic mass is 9.89. The van der Waals surface area contributed by atoms with E-state index in [2.05, 4.69) is 9.97 Å². The Labute approximate surface area is 177 Å². The summed E-state index contributed by atoms with van der Waals surface area (Å²) in [6, 6.07) is 21.9. The molecule has 0 unspecified atom stereocenters. The number of amides is 1. The summed E-state index contributed by atoms with van der Waals surface area (Å²) < 4.78 is 6.09. The molecule has 0 radical (unpaired) electrons. The third-order valence-electron chi connectivity index (χ3n) is 5.50. The first-order valence-electron chi connectivity index (χ1n) is 10.5. The summed E-state index contributed by atoms with van der Waals surface area (Å²) in [5, 5.41) is 0. The molecule has 4 rings (SSSR count). The fourth-order valence-electron chi connectivity index (χ4n) is 4.06. The summed E-state index contributed by atoms with van der Waals surface area (Å²) in [4.78, 5) is 24.2. The first-order valence-corrected chi connectivity index (χ1v) is 10.5. The summed E-state index contributed by atoms with van der Waals surface area (Å²) in [6.45, 7) is 5.18. The molecule has 0 atom stereocenters. The first-order chi connectivity index (χ1) is 14.6. The minimum absolute atomic E-state index is 0.0645. The number of hydrogen-bond donors (Lipinski definition) is 0. The second kappa shape index (κ2) is 9.08. The van der Waals surface area contributed by atoms with Crippen LogP contribution in [-0.4, -0.2) is 40.0 Å². The highest BCUT2D eigenvalue weighted by Gasteiger charge is 2.31. The van der Waals surface area contributed by atoms with Crippen molar-refractivity contribution in [1.82, 2.24) is 14.9 Å². The SMILES string of the molecule is Cc1cc(OC2CCN(C(=O)C(c3ccccc3)c3ccccc3)CC2)nc(C)n1. The van der Waals surface area contributed by atoms with E-state index in [1.54, 1.807) is 0 Å². The molecule has 30 heavy (non-hydrogen) atoms. The highest BCUT2D eigenvalue weighted by Crippen LogP contribution is 2.28. The van der Waals surface area contributed by atoms with Crippen LogP contribution < -0.4 is 4.74 Å². The molecule has 0 aliphatic carbocycles. The van der Waals surface area contributed by atoms with Gasteiger partial charge in [0.05, 0.1) is 5.92 Å². The zero-order chi connectivity index (χ0) is 20.9. The molecule has 1 aliphatic heterocycles. The van der Waals surface area contributed by atoms with E-state index < -0.39 is 0 Å². The lowest BCUT2D eigenvalue weighted by Gasteiger charge is -2.34. The molecular formula is C25H27N3O2. The number of aryl methyl sites for hydroxylation is 2. The van der Waals surface area contributed by atoms with Crippen LogP contribution in [0.15, 0.2) is 66.7 Å². The summed E-state index contributed by atoms with van der Waals surface area (Å²) in [5.74, 6) is 1.21. The van der Waals surface area contributed by atoms with Crippen molar-refractivity contribution in [3.8, 4) is 5.88 Å². The number of rotatable bonds is 5. The molecular weight excluding hydrogens is 374 g/mol. The van der Waals surface area contributed by atoms with Crippen LogP contribution in [-0.2, 0) is 4.79 Å². The number of ether oxygens (including phenoxy) is 1. The van der Waals surface area contributed by atoms with Gasteiger partial charge in [-0.05, 0) is 25.0 Å². The Morgan fingerprint density at radius 2 is 1.50 bits per heavy atom. The van der Waals surface area contributed by atoms with Crippen molar-refractivity contribution in [3.05, 3.63) is 89.4 Å². The predicted octanol–water partition coefficient (Wildman–Crippen LogP) is 4.30. The van der Waals surface area contributed by atoms with Crippen molar-refractivity contribution in [3.63, 3.8) is 0 Å². The molecule has 1 fully saturated rings. The van der Waals surface area contributed by atoms with Gasteiger partial charge in [-0.15, -0.1) is 0 Å². The normalized spacial score (nSPS) is 14.7. The van der Waals surface area contributed by atoms with Gasteiger partial charge in [0, 0.05) is 37.7 Å². The standard InChI is InChI=1S/C25H27N3O2/c1-18-17-23(27-19(2)26-18)30-22-13-15-28(16-14-22)25(29)24(20-9-5-3-6-10-20)21-11-7-4-8-12-21/h3-12,17,22,24H,13-16H2,1-2H3. The molecule has 0 saturated carbocycles. The Bertz CT molecular complexity index is 924. The molecule has 1 aromatic heterocycles. The molecule has 0 bridgehead atoms. The quantitative estimate of drug-likeness (QED) is 0.640. The largest absolute Gasteiger partial charge is 0.474 e. The summed E-state index contributed by atoms with van der Waals surface area (Å²) in [5.41, 5.74) is 2.96. The number of carbonyl (C=O) groups excluding carboxylic acids is 1. The van der Waals surface area contributed by atoms with Gasteiger partial charge in [0.25, 0.3) is 0 Å². The first kappa shape index (κ1) is 20.1. The van der Waals surface area contributed by atoms with Crippen LogP contribution >= 0.6 is 0 Å². The van der Waals surface area contributed by atoms with Gasteiger partial charge in [-0.2, -0.15) is 4.98 Å². The smallest absolute Gasteiger partial charge is 0.234 e. The maximum atomic E-state index is 13.5. The van der Waals surface area contributed by atoms with Crippen molar-refractivity contribution in [2.45, 2.75) is 38.7 Å². The highest BCUT2D eigenvalue weighted by atomic mass is 16.5. The van der Waals surface area contributed by atoms with Gasteiger partial charge in [-0.25, -0.2) is 4.98 Å². The maximum absolute atomic E-state index is 13.5. The van der Waals surface area contributed by atoms with Crippen LogP contribution in [0.3, 0.4) is 0 Å². The molecule has 1 saturated heterocycles. The predicted molar refractivity (Wildman–Crippen MR) is 116 cm³/mol. The highest BCUT2D eigenvalue weighted by molar-refractivity contribution is 5.87. The van der Waals surface area contributed by atoms with Gasteiger partial charge < -0.3 is 9.64 Å². The number of piperidine rings is 1. The zero-order valence-corrected chi connectivity index (χ0v) is 17.5. The van der Waals surface area contributed by atoms with E-state index in [-0.39, 0.29) is 17.9 Å². The maximum Gasteiger partial charge on any atom is 0.234 e. The van der Waals surface area contributed by atoms with Crippen LogP contribution in [0.4, 0.5) is 0 Å². The number of benzene rings is 2. The molecule has 5 heteroatoms. The molecule has 1 aliphatic rings. The summed E-state index contributed by atoms with van der Waals surface area (Å²) >= 11 is 0. The van der Waals surface area contributed by atoms with E-state index in [0.717, 1.165) is 29.7 Å². The van der Waals surface area contributed by atoms with Crippen molar-refractivity contribution >= 4 is 5.91 Å². The van der Waals surface area contributed by atoms with Crippen LogP contribution in [0.25, 0.3) is 0 Å². The Hall–Kier alpha value is -3.21. The number of likely N-dealkylation sites (tertiary alicyclic amines) is 1. The van der Waals surface area contributed by atoms with E-state index in [1.165, 1.54) is 0 Å². The molecule has 154 valence electrons. The van der Waals surface area contributed by atoms with Crippen LogP contribution in [0.2, 0.25) is 0 Å². The van der Waals surface area contributed by atoms with Crippen molar-refractivity contribution in [1.29, 1.82) is 0 Å². The lowest BCUT2D eigenvalue weighted by Crippen LogP contribution is -2.44. The number of carbonyl (C=O) groups is 1. The van der Waals surface area contributed by atoms with E-state index in [0.29, 0.717) is 24.8 Å². The Kier molecular flexibility index (Phi) is 6.07.